The second-order valence-corrected chi connectivity index (χ2v) is 2.58. The lowest BCUT2D eigenvalue weighted by atomic mass is 10.0. The monoisotopic (exact) mass is 195 g/mol. The van der Waals surface area contributed by atoms with Crippen LogP contribution in [0.25, 0.3) is 0 Å². The van der Waals surface area contributed by atoms with Gasteiger partial charge in [-0.15, -0.1) is 0 Å². The van der Waals surface area contributed by atoms with Crippen molar-refractivity contribution in [2.75, 3.05) is 6.61 Å². The summed E-state index contributed by atoms with van der Waals surface area (Å²) in [5, 5.41) is 44.0. The minimum atomic E-state index is -1.98. The summed E-state index contributed by atoms with van der Waals surface area (Å²) in [5.74, 6) is -1.23. The van der Waals surface area contributed by atoms with Gasteiger partial charge in [0, 0.05) is 0 Å². The highest BCUT2D eigenvalue weighted by Crippen LogP contribution is 2.04. The summed E-state index contributed by atoms with van der Waals surface area (Å²) in [6.45, 7) is -0.802. The van der Waals surface area contributed by atoms with Crippen LogP contribution in [-0.4, -0.2) is 62.5 Å². The van der Waals surface area contributed by atoms with Gasteiger partial charge in [0.05, 0.1) is 6.61 Å². The number of amides is 1. The average molecular weight is 195 g/mol. The van der Waals surface area contributed by atoms with Gasteiger partial charge in [0.2, 0.25) is 5.91 Å². The molecule has 1 unspecified atom stereocenters. The summed E-state index contributed by atoms with van der Waals surface area (Å²) in [5.41, 5.74) is 4.61. The van der Waals surface area contributed by atoms with Crippen LogP contribution in [0.15, 0.2) is 0 Å². The van der Waals surface area contributed by atoms with Crippen molar-refractivity contribution in [1.82, 2.24) is 0 Å². The SMILES string of the molecule is NC(=O)C(O)[C@@H](O)[C@H](O)[C@H](O)CO. The lowest BCUT2D eigenvalue weighted by Crippen LogP contribution is -2.50. The Morgan fingerprint density at radius 3 is 1.92 bits per heavy atom. The number of primary amides is 1. The molecule has 0 aliphatic heterocycles. The average Bonchev–Trinajstić information content (AvgIpc) is 2.12. The molecule has 78 valence electrons. The molecule has 0 heterocycles. The van der Waals surface area contributed by atoms with Gasteiger partial charge in [0.15, 0.2) is 6.10 Å². The summed E-state index contributed by atoms with van der Waals surface area (Å²) < 4.78 is 0. The highest BCUT2D eigenvalue weighted by molar-refractivity contribution is 5.79. The zero-order chi connectivity index (χ0) is 10.6. The maximum atomic E-state index is 10.3. The highest BCUT2D eigenvalue weighted by atomic mass is 16.4. The predicted molar refractivity (Wildman–Crippen MR) is 40.3 cm³/mol. The molecule has 0 saturated carbocycles. The second-order valence-electron chi connectivity index (χ2n) is 2.58. The summed E-state index contributed by atoms with van der Waals surface area (Å²) in [6, 6.07) is 0. The molecule has 7 nitrogen and oxygen atoms in total. The van der Waals surface area contributed by atoms with Crippen molar-refractivity contribution in [2.24, 2.45) is 5.73 Å². The fraction of sp³-hybridized carbons (Fsp3) is 0.833. The van der Waals surface area contributed by atoms with E-state index in [4.69, 9.17) is 25.5 Å². The summed E-state index contributed by atoms with van der Waals surface area (Å²) in [7, 11) is 0. The molecule has 0 bridgehead atoms. The van der Waals surface area contributed by atoms with Gasteiger partial charge in [-0.25, -0.2) is 0 Å². The number of hydrogen-bond acceptors (Lipinski definition) is 6. The number of aliphatic hydroxyl groups excluding tert-OH is 5. The molecule has 0 radical (unpaired) electrons. The molecule has 0 spiro atoms. The van der Waals surface area contributed by atoms with E-state index in [1.165, 1.54) is 0 Å². The van der Waals surface area contributed by atoms with E-state index in [9.17, 15) is 4.79 Å². The van der Waals surface area contributed by atoms with Crippen LogP contribution in [0.5, 0.6) is 0 Å². The molecule has 0 fully saturated rings. The summed E-state index contributed by atoms with van der Waals surface area (Å²) in [4.78, 5) is 10.3. The molecule has 0 rings (SSSR count). The van der Waals surface area contributed by atoms with E-state index in [1.54, 1.807) is 0 Å². The zero-order valence-corrected chi connectivity index (χ0v) is 6.74. The Morgan fingerprint density at radius 1 is 1.15 bits per heavy atom. The van der Waals surface area contributed by atoms with Gasteiger partial charge in [-0.1, -0.05) is 0 Å². The van der Waals surface area contributed by atoms with Crippen LogP contribution in [0.3, 0.4) is 0 Å². The second kappa shape index (κ2) is 5.10. The van der Waals surface area contributed by atoms with Gasteiger partial charge < -0.3 is 31.3 Å². The summed E-state index contributed by atoms with van der Waals surface area (Å²) >= 11 is 0. The fourth-order valence-corrected chi connectivity index (χ4v) is 0.691. The van der Waals surface area contributed by atoms with Crippen molar-refractivity contribution < 1.29 is 30.3 Å². The van der Waals surface area contributed by atoms with E-state index in [-0.39, 0.29) is 0 Å². The maximum absolute atomic E-state index is 10.3. The van der Waals surface area contributed by atoms with Crippen molar-refractivity contribution in [3.8, 4) is 0 Å². The lowest BCUT2D eigenvalue weighted by molar-refractivity contribution is -0.146. The fourth-order valence-electron chi connectivity index (χ4n) is 0.691. The normalized spacial score (nSPS) is 20.4. The van der Waals surface area contributed by atoms with Crippen molar-refractivity contribution in [3.05, 3.63) is 0 Å². The van der Waals surface area contributed by atoms with Crippen LogP contribution < -0.4 is 5.73 Å². The number of rotatable bonds is 5. The minimum absolute atomic E-state index is 0.802. The van der Waals surface area contributed by atoms with Crippen molar-refractivity contribution in [3.63, 3.8) is 0 Å². The van der Waals surface area contributed by atoms with Crippen molar-refractivity contribution in [1.29, 1.82) is 0 Å². The Labute approximate surface area is 74.0 Å². The number of hydrogen-bond donors (Lipinski definition) is 6. The molecular formula is C6H13NO6. The Morgan fingerprint density at radius 2 is 1.62 bits per heavy atom. The van der Waals surface area contributed by atoms with Gasteiger partial charge in [-0.2, -0.15) is 0 Å². The quantitative estimate of drug-likeness (QED) is 0.263. The first-order chi connectivity index (χ1) is 5.91. The standard InChI is InChI=1S/C6H13NO6/c7-6(13)5(12)4(11)3(10)2(9)1-8/h2-5,8-12H,1H2,(H2,7,13)/t2-,3-,4+,5?/m1/s1. The third-order valence-electron chi connectivity index (χ3n) is 1.55. The van der Waals surface area contributed by atoms with E-state index >= 15 is 0 Å². The maximum Gasteiger partial charge on any atom is 0.249 e. The number of aliphatic hydroxyl groups is 5. The van der Waals surface area contributed by atoms with Gasteiger partial charge >= 0.3 is 0 Å². The Bertz CT molecular complexity index is 175. The molecule has 0 aromatic heterocycles. The van der Waals surface area contributed by atoms with Crippen LogP contribution in [0.2, 0.25) is 0 Å². The third kappa shape index (κ3) is 3.25. The Hall–Kier alpha value is -0.730. The predicted octanol–water partition coefficient (Wildman–Crippen LogP) is -4.09. The Kier molecular flexibility index (Phi) is 4.81. The molecule has 7 N–H and O–H groups in total. The van der Waals surface area contributed by atoms with E-state index < -0.39 is 36.9 Å². The molecule has 4 atom stereocenters. The van der Waals surface area contributed by atoms with Gasteiger partial charge in [0.25, 0.3) is 0 Å². The van der Waals surface area contributed by atoms with Crippen molar-refractivity contribution >= 4 is 5.91 Å². The minimum Gasteiger partial charge on any atom is -0.394 e. The van der Waals surface area contributed by atoms with Crippen LogP contribution >= 0.6 is 0 Å². The smallest absolute Gasteiger partial charge is 0.249 e. The van der Waals surface area contributed by atoms with E-state index in [2.05, 4.69) is 5.73 Å². The van der Waals surface area contributed by atoms with Gasteiger partial charge in [-0.3, -0.25) is 4.79 Å². The van der Waals surface area contributed by atoms with E-state index in [0.29, 0.717) is 0 Å². The third-order valence-corrected chi connectivity index (χ3v) is 1.55. The van der Waals surface area contributed by atoms with E-state index in [1.807, 2.05) is 0 Å². The van der Waals surface area contributed by atoms with Crippen molar-refractivity contribution in [2.45, 2.75) is 24.4 Å². The first-order valence-corrected chi connectivity index (χ1v) is 3.54. The molecule has 0 aliphatic carbocycles. The number of carbonyl (C=O) groups excluding carboxylic acids is 1. The van der Waals surface area contributed by atoms with Gasteiger partial charge in [-0.05, 0) is 0 Å². The lowest BCUT2D eigenvalue weighted by Gasteiger charge is -2.23. The molecule has 13 heavy (non-hydrogen) atoms. The highest BCUT2D eigenvalue weighted by Gasteiger charge is 2.32. The van der Waals surface area contributed by atoms with Crippen LogP contribution in [0, 0.1) is 0 Å². The first kappa shape index (κ1) is 12.3. The molecule has 0 aromatic carbocycles. The topological polar surface area (TPSA) is 144 Å². The largest absolute Gasteiger partial charge is 0.394 e. The molecule has 0 saturated heterocycles. The number of nitrogens with two attached hydrogens (primary N) is 1. The molecule has 1 amide bonds. The van der Waals surface area contributed by atoms with E-state index in [0.717, 1.165) is 0 Å². The molecule has 7 heteroatoms. The Balaban J connectivity index is 4.24. The zero-order valence-electron chi connectivity index (χ0n) is 6.74. The molecule has 0 aliphatic rings. The van der Waals surface area contributed by atoms with Crippen LogP contribution in [-0.2, 0) is 4.79 Å². The van der Waals surface area contributed by atoms with Gasteiger partial charge in [0.1, 0.15) is 18.3 Å². The summed E-state index contributed by atoms with van der Waals surface area (Å²) in [6.07, 6.45) is -7.35. The first-order valence-electron chi connectivity index (χ1n) is 3.54. The molecule has 0 aromatic rings. The van der Waals surface area contributed by atoms with Crippen LogP contribution in [0.4, 0.5) is 0 Å². The van der Waals surface area contributed by atoms with Crippen LogP contribution in [0.1, 0.15) is 0 Å². The molecular weight excluding hydrogens is 182 g/mol. The number of carbonyl (C=O) groups is 1.